The molecule has 2 aromatic heterocycles. The number of hydrogen-bond acceptors (Lipinski definition) is 5. The molecule has 0 saturated carbocycles. The topological polar surface area (TPSA) is 72.6 Å². The van der Waals surface area contributed by atoms with Gasteiger partial charge in [-0.25, -0.2) is 9.78 Å². The average molecular weight is 390 g/mol. The van der Waals surface area contributed by atoms with E-state index in [0.29, 0.717) is 11.0 Å². The van der Waals surface area contributed by atoms with Gasteiger partial charge in [-0.3, -0.25) is 4.79 Å². The van der Waals surface area contributed by atoms with Crippen LogP contribution in [-0.4, -0.2) is 35.0 Å². The highest BCUT2D eigenvalue weighted by molar-refractivity contribution is 5.97. The zero-order valence-corrected chi connectivity index (χ0v) is 14.3. The van der Waals surface area contributed by atoms with Crippen LogP contribution in [0.2, 0.25) is 0 Å². The van der Waals surface area contributed by atoms with E-state index >= 15 is 0 Å². The number of nitrogens with zero attached hydrogens (tertiary/aromatic N) is 2. The Labute approximate surface area is 156 Å². The molecule has 0 bridgehead atoms. The minimum atomic E-state index is -4.59. The lowest BCUT2D eigenvalue weighted by Gasteiger charge is -2.38. The fourth-order valence-electron chi connectivity index (χ4n) is 2.92. The fraction of sp³-hybridized carbons (Fsp3) is 0.211. The van der Waals surface area contributed by atoms with Gasteiger partial charge >= 0.3 is 11.8 Å². The van der Waals surface area contributed by atoms with Gasteiger partial charge in [0.1, 0.15) is 22.8 Å². The summed E-state index contributed by atoms with van der Waals surface area (Å²) in [4.78, 5) is 29.5. The monoisotopic (exact) mass is 390 g/mol. The standard InChI is InChI=1S/C19H13F3N2O4/c20-19(21,22)14-5-3-7-23-16(14)27-12-9-24(10-12)17(25)13-8-11-4-1-2-6-15(11)28-18(13)26/h1-8,12H,9-10H2. The van der Waals surface area contributed by atoms with Gasteiger partial charge in [0.2, 0.25) is 5.88 Å². The number of carbonyl (C=O) groups is 1. The third-order valence-corrected chi connectivity index (χ3v) is 4.36. The molecule has 1 aromatic carbocycles. The Morgan fingerprint density at radius 1 is 1.18 bits per heavy atom. The van der Waals surface area contributed by atoms with Crippen molar-refractivity contribution in [2.75, 3.05) is 13.1 Å². The molecule has 0 spiro atoms. The third-order valence-electron chi connectivity index (χ3n) is 4.36. The van der Waals surface area contributed by atoms with Gasteiger partial charge in [-0.1, -0.05) is 18.2 Å². The molecule has 3 aromatic rings. The first-order valence-electron chi connectivity index (χ1n) is 8.34. The quantitative estimate of drug-likeness (QED) is 0.643. The SMILES string of the molecule is O=C(c1cc2ccccc2oc1=O)N1CC(Oc2ncccc2C(F)(F)F)C1. The molecule has 6 nitrogen and oxygen atoms in total. The number of likely N-dealkylation sites (tertiary alicyclic amines) is 1. The number of halogens is 3. The van der Waals surface area contributed by atoms with Crippen molar-refractivity contribution in [3.8, 4) is 5.88 Å². The summed E-state index contributed by atoms with van der Waals surface area (Å²) in [6.07, 6.45) is -4.04. The summed E-state index contributed by atoms with van der Waals surface area (Å²) < 4.78 is 49.4. The van der Waals surface area contributed by atoms with Gasteiger partial charge in [0.25, 0.3) is 5.91 Å². The van der Waals surface area contributed by atoms with Crippen LogP contribution in [0.25, 0.3) is 11.0 Å². The third kappa shape index (κ3) is 3.30. The van der Waals surface area contributed by atoms with Crippen molar-refractivity contribution in [3.05, 3.63) is 70.2 Å². The minimum absolute atomic E-state index is 0.0406. The summed E-state index contributed by atoms with van der Waals surface area (Å²) in [5, 5.41) is 0.599. The molecule has 144 valence electrons. The van der Waals surface area contributed by atoms with Gasteiger partial charge in [-0.05, 0) is 24.3 Å². The Hall–Kier alpha value is -3.36. The Morgan fingerprint density at radius 3 is 2.68 bits per heavy atom. The first kappa shape index (κ1) is 18.0. The van der Waals surface area contributed by atoms with Crippen LogP contribution in [-0.2, 0) is 6.18 Å². The van der Waals surface area contributed by atoms with E-state index in [1.165, 1.54) is 23.2 Å². The maximum Gasteiger partial charge on any atom is 0.421 e. The van der Waals surface area contributed by atoms with Crippen LogP contribution in [0.15, 0.2) is 57.9 Å². The van der Waals surface area contributed by atoms with Crippen molar-refractivity contribution in [3.63, 3.8) is 0 Å². The Balaban J connectivity index is 1.47. The normalized spacial score (nSPS) is 14.8. The second-order valence-electron chi connectivity index (χ2n) is 6.29. The van der Waals surface area contributed by atoms with Crippen molar-refractivity contribution < 1.29 is 27.1 Å². The molecule has 3 heterocycles. The van der Waals surface area contributed by atoms with Crippen molar-refractivity contribution in [1.82, 2.24) is 9.88 Å². The van der Waals surface area contributed by atoms with E-state index in [0.717, 1.165) is 6.07 Å². The lowest BCUT2D eigenvalue weighted by Crippen LogP contribution is -2.56. The second kappa shape index (κ2) is 6.66. The lowest BCUT2D eigenvalue weighted by atomic mass is 10.1. The fourth-order valence-corrected chi connectivity index (χ4v) is 2.92. The molecule has 0 N–H and O–H groups in total. The molecule has 1 aliphatic rings. The van der Waals surface area contributed by atoms with E-state index in [2.05, 4.69) is 4.98 Å². The molecular formula is C19H13F3N2O4. The van der Waals surface area contributed by atoms with Gasteiger partial charge < -0.3 is 14.1 Å². The molecule has 0 radical (unpaired) electrons. The Bertz CT molecular complexity index is 1100. The molecule has 28 heavy (non-hydrogen) atoms. The van der Waals surface area contributed by atoms with Gasteiger partial charge in [-0.15, -0.1) is 0 Å². The maximum absolute atomic E-state index is 13.0. The number of ether oxygens (including phenoxy) is 1. The highest BCUT2D eigenvalue weighted by Crippen LogP contribution is 2.35. The zero-order valence-electron chi connectivity index (χ0n) is 14.3. The highest BCUT2D eigenvalue weighted by Gasteiger charge is 2.39. The summed E-state index contributed by atoms with van der Waals surface area (Å²) in [6, 6.07) is 10.3. The van der Waals surface area contributed by atoms with E-state index in [1.807, 2.05) is 0 Å². The summed E-state index contributed by atoms with van der Waals surface area (Å²) in [7, 11) is 0. The number of para-hydroxylation sites is 1. The molecule has 4 rings (SSSR count). The number of fused-ring (bicyclic) bond motifs is 1. The predicted molar refractivity (Wildman–Crippen MR) is 92.0 cm³/mol. The van der Waals surface area contributed by atoms with Crippen LogP contribution in [0.5, 0.6) is 5.88 Å². The maximum atomic E-state index is 13.0. The summed E-state index contributed by atoms with van der Waals surface area (Å²) >= 11 is 0. The van der Waals surface area contributed by atoms with Crippen LogP contribution in [0.3, 0.4) is 0 Å². The largest absolute Gasteiger partial charge is 0.470 e. The second-order valence-corrected chi connectivity index (χ2v) is 6.29. The van der Waals surface area contributed by atoms with Crippen LogP contribution in [0.4, 0.5) is 13.2 Å². The number of pyridine rings is 1. The van der Waals surface area contributed by atoms with E-state index in [1.54, 1.807) is 24.3 Å². The number of carbonyl (C=O) groups excluding carboxylic acids is 1. The van der Waals surface area contributed by atoms with Crippen LogP contribution >= 0.6 is 0 Å². The van der Waals surface area contributed by atoms with Crippen LogP contribution < -0.4 is 10.4 Å². The van der Waals surface area contributed by atoms with E-state index in [-0.39, 0.29) is 18.7 Å². The molecule has 9 heteroatoms. The summed E-state index contributed by atoms with van der Waals surface area (Å²) in [5.41, 5.74) is -1.51. The summed E-state index contributed by atoms with van der Waals surface area (Å²) in [5.74, 6) is -1.09. The van der Waals surface area contributed by atoms with E-state index < -0.39 is 35.3 Å². The predicted octanol–water partition coefficient (Wildman–Crippen LogP) is 3.11. The first-order valence-corrected chi connectivity index (χ1v) is 8.34. The average Bonchev–Trinajstić information content (AvgIpc) is 2.62. The van der Waals surface area contributed by atoms with Gasteiger partial charge in [-0.2, -0.15) is 13.2 Å². The lowest BCUT2D eigenvalue weighted by molar-refractivity contribution is -0.140. The molecule has 1 amide bonds. The minimum Gasteiger partial charge on any atom is -0.470 e. The van der Waals surface area contributed by atoms with Crippen molar-refractivity contribution in [2.45, 2.75) is 12.3 Å². The van der Waals surface area contributed by atoms with Gasteiger partial charge in [0.15, 0.2) is 0 Å². The van der Waals surface area contributed by atoms with Crippen LogP contribution in [0.1, 0.15) is 15.9 Å². The smallest absolute Gasteiger partial charge is 0.421 e. The van der Waals surface area contributed by atoms with Crippen molar-refractivity contribution in [2.24, 2.45) is 0 Å². The number of alkyl halides is 3. The van der Waals surface area contributed by atoms with E-state index in [9.17, 15) is 22.8 Å². The highest BCUT2D eigenvalue weighted by atomic mass is 19.4. The Kier molecular flexibility index (Phi) is 4.29. The number of benzene rings is 1. The number of aromatic nitrogens is 1. The number of rotatable bonds is 3. The Morgan fingerprint density at radius 2 is 1.93 bits per heavy atom. The van der Waals surface area contributed by atoms with Gasteiger partial charge in [0.05, 0.1) is 13.1 Å². The first-order chi connectivity index (χ1) is 13.3. The van der Waals surface area contributed by atoms with Crippen molar-refractivity contribution in [1.29, 1.82) is 0 Å². The molecule has 1 saturated heterocycles. The summed E-state index contributed by atoms with van der Waals surface area (Å²) in [6.45, 7) is 0.0813. The molecule has 1 fully saturated rings. The number of amides is 1. The van der Waals surface area contributed by atoms with E-state index in [4.69, 9.17) is 9.15 Å². The molecule has 1 aliphatic heterocycles. The molecule has 0 atom stereocenters. The molecule has 0 unspecified atom stereocenters. The molecular weight excluding hydrogens is 377 g/mol. The molecule has 0 aliphatic carbocycles. The van der Waals surface area contributed by atoms with Crippen molar-refractivity contribution >= 4 is 16.9 Å². The van der Waals surface area contributed by atoms with Crippen LogP contribution in [0, 0.1) is 0 Å². The van der Waals surface area contributed by atoms with Gasteiger partial charge in [0, 0.05) is 11.6 Å². The number of hydrogen-bond donors (Lipinski definition) is 0. The zero-order chi connectivity index (χ0) is 19.9.